The fourth-order valence-electron chi connectivity index (χ4n) is 1.38. The van der Waals surface area contributed by atoms with Crippen molar-refractivity contribution >= 4 is 22.9 Å². The average Bonchev–Trinajstić information content (AvgIpc) is 2.76. The normalized spacial score (nSPS) is 10.1. The van der Waals surface area contributed by atoms with Gasteiger partial charge in [0.1, 0.15) is 9.34 Å². The topological polar surface area (TPSA) is 48.7 Å². The summed E-state index contributed by atoms with van der Waals surface area (Å²) >= 11 is 7.27. The van der Waals surface area contributed by atoms with Crippen LogP contribution in [0.5, 0.6) is 0 Å². The predicted octanol–water partition coefficient (Wildman–Crippen LogP) is 2.96. The lowest BCUT2D eigenvalue weighted by atomic mass is 10.1. The van der Waals surface area contributed by atoms with Gasteiger partial charge in [0, 0.05) is 13.1 Å². The molecule has 3 nitrogen and oxygen atoms in total. The minimum absolute atomic E-state index is 0.681. The van der Waals surface area contributed by atoms with E-state index in [9.17, 15) is 0 Å². The van der Waals surface area contributed by atoms with E-state index in [4.69, 9.17) is 16.9 Å². The molecule has 1 aromatic carbocycles. The van der Waals surface area contributed by atoms with Crippen molar-refractivity contribution in [2.75, 3.05) is 0 Å². The number of nitrogens with one attached hydrogen (secondary N) is 1. The molecule has 0 spiro atoms. The van der Waals surface area contributed by atoms with E-state index in [1.165, 1.54) is 11.3 Å². The monoisotopic (exact) mass is 263 g/mol. The Hall–Kier alpha value is -1.41. The number of thiazole rings is 1. The molecule has 0 aliphatic heterocycles. The Morgan fingerprint density at radius 1 is 1.29 bits per heavy atom. The van der Waals surface area contributed by atoms with Crippen molar-refractivity contribution in [2.24, 2.45) is 0 Å². The van der Waals surface area contributed by atoms with Crippen molar-refractivity contribution in [3.8, 4) is 6.07 Å². The molecule has 5 heteroatoms. The summed E-state index contributed by atoms with van der Waals surface area (Å²) in [6.45, 7) is 1.46. The maximum atomic E-state index is 8.67. The van der Waals surface area contributed by atoms with Crippen molar-refractivity contribution < 1.29 is 0 Å². The standard InChI is InChI=1S/C12H10ClN3S/c13-11-7-16-12(17-11)8-15-6-10-3-1-9(5-14)2-4-10/h1-4,7,15H,6,8H2. The Labute approximate surface area is 109 Å². The van der Waals surface area contributed by atoms with Gasteiger partial charge in [-0.1, -0.05) is 23.7 Å². The molecule has 0 amide bonds. The number of hydrogen-bond acceptors (Lipinski definition) is 4. The molecule has 0 aliphatic rings. The summed E-state index contributed by atoms with van der Waals surface area (Å²) in [5.41, 5.74) is 1.83. The van der Waals surface area contributed by atoms with Crippen LogP contribution in [0.2, 0.25) is 4.34 Å². The molecule has 0 radical (unpaired) electrons. The van der Waals surface area contributed by atoms with Crippen LogP contribution in [-0.4, -0.2) is 4.98 Å². The van der Waals surface area contributed by atoms with E-state index in [2.05, 4.69) is 16.4 Å². The highest BCUT2D eigenvalue weighted by Crippen LogP contribution is 2.17. The van der Waals surface area contributed by atoms with E-state index < -0.39 is 0 Å². The van der Waals surface area contributed by atoms with Gasteiger partial charge in [0.05, 0.1) is 17.8 Å². The van der Waals surface area contributed by atoms with Gasteiger partial charge in [-0.3, -0.25) is 0 Å². The molecule has 0 aliphatic carbocycles. The molecular formula is C12H10ClN3S. The Morgan fingerprint density at radius 2 is 2.06 bits per heavy atom. The largest absolute Gasteiger partial charge is 0.306 e. The van der Waals surface area contributed by atoms with Crippen LogP contribution < -0.4 is 5.32 Å². The van der Waals surface area contributed by atoms with Gasteiger partial charge in [0.2, 0.25) is 0 Å². The van der Waals surface area contributed by atoms with E-state index in [0.717, 1.165) is 17.1 Å². The smallest absolute Gasteiger partial charge is 0.113 e. The van der Waals surface area contributed by atoms with E-state index in [1.54, 1.807) is 6.20 Å². The summed E-state index contributed by atoms with van der Waals surface area (Å²) in [6, 6.07) is 9.62. The van der Waals surface area contributed by atoms with Crippen LogP contribution >= 0.6 is 22.9 Å². The molecule has 17 heavy (non-hydrogen) atoms. The second-order valence-corrected chi connectivity index (χ2v) is 5.22. The summed E-state index contributed by atoms with van der Waals surface area (Å²) in [6.07, 6.45) is 1.66. The van der Waals surface area contributed by atoms with E-state index >= 15 is 0 Å². The van der Waals surface area contributed by atoms with Crippen molar-refractivity contribution in [1.82, 2.24) is 10.3 Å². The number of nitrogens with zero attached hydrogens (tertiary/aromatic N) is 2. The van der Waals surface area contributed by atoms with Gasteiger partial charge in [-0.15, -0.1) is 11.3 Å². The molecule has 1 N–H and O–H groups in total. The number of rotatable bonds is 4. The fraction of sp³-hybridized carbons (Fsp3) is 0.167. The van der Waals surface area contributed by atoms with Crippen molar-refractivity contribution in [3.63, 3.8) is 0 Å². The third-order valence-corrected chi connectivity index (χ3v) is 3.33. The molecular weight excluding hydrogens is 254 g/mol. The summed E-state index contributed by atoms with van der Waals surface area (Å²) in [7, 11) is 0. The molecule has 1 aromatic heterocycles. The van der Waals surface area contributed by atoms with Gasteiger partial charge < -0.3 is 5.32 Å². The zero-order valence-electron chi connectivity index (χ0n) is 8.98. The highest BCUT2D eigenvalue weighted by atomic mass is 35.5. The van der Waals surface area contributed by atoms with Gasteiger partial charge in [0.25, 0.3) is 0 Å². The molecule has 0 unspecified atom stereocenters. The van der Waals surface area contributed by atoms with Gasteiger partial charge in [-0.05, 0) is 17.7 Å². The molecule has 2 rings (SSSR count). The second-order valence-electron chi connectivity index (χ2n) is 3.47. The van der Waals surface area contributed by atoms with Crippen molar-refractivity contribution in [3.05, 3.63) is 50.9 Å². The lowest BCUT2D eigenvalue weighted by molar-refractivity contribution is 0.690. The Kier molecular flexibility index (Phi) is 4.10. The summed E-state index contributed by atoms with van der Waals surface area (Å²) in [4.78, 5) is 4.16. The maximum Gasteiger partial charge on any atom is 0.113 e. The first-order chi connectivity index (χ1) is 8.28. The van der Waals surface area contributed by atoms with E-state index in [0.29, 0.717) is 16.4 Å². The van der Waals surface area contributed by atoms with E-state index in [1.807, 2.05) is 24.3 Å². The number of hydrogen-bond donors (Lipinski definition) is 1. The fourth-order valence-corrected chi connectivity index (χ4v) is 2.31. The lowest BCUT2D eigenvalue weighted by Gasteiger charge is -2.02. The Balaban J connectivity index is 1.84. The zero-order chi connectivity index (χ0) is 12.1. The van der Waals surface area contributed by atoms with E-state index in [-0.39, 0.29) is 0 Å². The third kappa shape index (κ3) is 3.53. The summed E-state index contributed by atoms with van der Waals surface area (Å²) in [5, 5.41) is 12.9. The molecule has 0 saturated carbocycles. The van der Waals surface area contributed by atoms with Gasteiger partial charge in [-0.25, -0.2) is 4.98 Å². The Bertz CT molecular complexity index is 527. The molecule has 0 atom stereocenters. The number of nitriles is 1. The average molecular weight is 264 g/mol. The molecule has 0 saturated heterocycles. The van der Waals surface area contributed by atoms with Crippen LogP contribution in [0.3, 0.4) is 0 Å². The number of halogens is 1. The third-order valence-electron chi connectivity index (χ3n) is 2.21. The van der Waals surface area contributed by atoms with Crippen molar-refractivity contribution in [2.45, 2.75) is 13.1 Å². The highest BCUT2D eigenvalue weighted by molar-refractivity contribution is 7.15. The van der Waals surface area contributed by atoms with Gasteiger partial charge >= 0.3 is 0 Å². The minimum Gasteiger partial charge on any atom is -0.306 e. The summed E-state index contributed by atoms with van der Waals surface area (Å²) in [5.74, 6) is 0. The highest BCUT2D eigenvalue weighted by Gasteiger charge is 1.99. The van der Waals surface area contributed by atoms with Crippen LogP contribution in [0.4, 0.5) is 0 Å². The van der Waals surface area contributed by atoms with Gasteiger partial charge in [-0.2, -0.15) is 5.26 Å². The van der Waals surface area contributed by atoms with Gasteiger partial charge in [0.15, 0.2) is 0 Å². The number of benzene rings is 1. The first-order valence-electron chi connectivity index (χ1n) is 5.08. The SMILES string of the molecule is N#Cc1ccc(CNCc2ncc(Cl)s2)cc1. The van der Waals surface area contributed by atoms with Crippen LogP contribution in [0.25, 0.3) is 0 Å². The number of aromatic nitrogens is 1. The molecule has 86 valence electrons. The molecule has 2 aromatic rings. The first kappa shape index (κ1) is 12.1. The summed E-state index contributed by atoms with van der Waals surface area (Å²) < 4.78 is 0.708. The van der Waals surface area contributed by atoms with Crippen molar-refractivity contribution in [1.29, 1.82) is 5.26 Å². The van der Waals surface area contributed by atoms with Crippen LogP contribution in [0.1, 0.15) is 16.1 Å². The molecule has 1 heterocycles. The predicted molar refractivity (Wildman–Crippen MR) is 68.8 cm³/mol. The first-order valence-corrected chi connectivity index (χ1v) is 6.27. The molecule has 0 bridgehead atoms. The molecule has 0 fully saturated rings. The Morgan fingerprint density at radius 3 is 2.65 bits per heavy atom. The quantitative estimate of drug-likeness (QED) is 0.923. The zero-order valence-corrected chi connectivity index (χ0v) is 10.6. The van der Waals surface area contributed by atoms with Crippen LogP contribution in [-0.2, 0) is 13.1 Å². The maximum absolute atomic E-state index is 8.67. The van der Waals surface area contributed by atoms with Crippen LogP contribution in [0, 0.1) is 11.3 Å². The second kappa shape index (κ2) is 5.78. The van der Waals surface area contributed by atoms with Crippen LogP contribution in [0.15, 0.2) is 30.5 Å². The minimum atomic E-state index is 0.681. The lowest BCUT2D eigenvalue weighted by Crippen LogP contribution is -2.12.